The monoisotopic (exact) mass is 253 g/mol. The zero-order valence-corrected chi connectivity index (χ0v) is 10.5. The van der Waals surface area contributed by atoms with Crippen molar-refractivity contribution in [2.75, 3.05) is 5.73 Å². The number of halogens is 1. The molecule has 17 heavy (non-hydrogen) atoms. The number of hydrogen-bond acceptors (Lipinski definition) is 3. The predicted octanol–water partition coefficient (Wildman–Crippen LogP) is 2.38. The summed E-state index contributed by atoms with van der Waals surface area (Å²) in [5.74, 6) is -0.159. The van der Waals surface area contributed by atoms with Crippen LogP contribution in [-0.4, -0.2) is 16.4 Å². The molecule has 0 spiro atoms. The van der Waals surface area contributed by atoms with Gasteiger partial charge < -0.3 is 11.1 Å². The fourth-order valence-corrected chi connectivity index (χ4v) is 2.27. The Labute approximate surface area is 106 Å². The molecule has 1 aliphatic rings. The molecule has 0 atom stereocenters. The summed E-state index contributed by atoms with van der Waals surface area (Å²) in [6, 6.07) is 1.51. The van der Waals surface area contributed by atoms with Crippen molar-refractivity contribution in [1.29, 1.82) is 0 Å². The molecular weight excluding hydrogens is 238 g/mol. The van der Waals surface area contributed by atoms with Crippen LogP contribution in [-0.2, 0) is 0 Å². The number of amides is 1. The van der Waals surface area contributed by atoms with Crippen molar-refractivity contribution < 1.29 is 4.79 Å². The normalized spacial score (nSPS) is 17.3. The highest BCUT2D eigenvalue weighted by Gasteiger charge is 2.36. The van der Waals surface area contributed by atoms with Gasteiger partial charge in [-0.3, -0.25) is 4.79 Å². The number of nitrogens with two attached hydrogens (primary N) is 1. The van der Waals surface area contributed by atoms with Crippen molar-refractivity contribution in [3.63, 3.8) is 0 Å². The molecule has 1 amide bonds. The molecule has 1 aromatic rings. The Kier molecular flexibility index (Phi) is 3.24. The zero-order chi connectivity index (χ0) is 12.5. The van der Waals surface area contributed by atoms with Crippen LogP contribution in [0.1, 0.15) is 43.0 Å². The quantitative estimate of drug-likeness (QED) is 0.813. The second-order valence-corrected chi connectivity index (χ2v) is 4.92. The molecule has 1 aromatic heterocycles. The minimum Gasteiger partial charge on any atom is -0.397 e. The molecule has 3 N–H and O–H groups in total. The van der Waals surface area contributed by atoms with E-state index in [0.717, 1.165) is 19.3 Å². The van der Waals surface area contributed by atoms with Crippen LogP contribution in [0.3, 0.4) is 0 Å². The van der Waals surface area contributed by atoms with Gasteiger partial charge in [0.25, 0.3) is 5.91 Å². The van der Waals surface area contributed by atoms with E-state index >= 15 is 0 Å². The van der Waals surface area contributed by atoms with E-state index in [-0.39, 0.29) is 16.6 Å². The summed E-state index contributed by atoms with van der Waals surface area (Å²) in [7, 11) is 0. The average Bonchev–Trinajstić information content (AvgIpc) is 2.26. The molecule has 1 aliphatic carbocycles. The molecule has 0 bridgehead atoms. The Balaban J connectivity index is 2.17. The van der Waals surface area contributed by atoms with Crippen LogP contribution < -0.4 is 11.1 Å². The van der Waals surface area contributed by atoms with E-state index < -0.39 is 0 Å². The summed E-state index contributed by atoms with van der Waals surface area (Å²) in [6.07, 6.45) is 5.59. The van der Waals surface area contributed by atoms with Crippen molar-refractivity contribution >= 4 is 23.2 Å². The second-order valence-electron chi connectivity index (χ2n) is 4.54. The summed E-state index contributed by atoms with van der Waals surface area (Å²) >= 11 is 5.77. The minimum atomic E-state index is -0.159. The topological polar surface area (TPSA) is 68.0 Å². The van der Waals surface area contributed by atoms with E-state index in [9.17, 15) is 4.79 Å². The fourth-order valence-electron chi connectivity index (χ4n) is 2.12. The van der Waals surface area contributed by atoms with Gasteiger partial charge in [0.1, 0.15) is 5.15 Å². The molecule has 1 saturated carbocycles. The number of pyridine rings is 1. The number of aromatic nitrogens is 1. The lowest BCUT2D eigenvalue weighted by Crippen LogP contribution is -2.53. The van der Waals surface area contributed by atoms with Gasteiger partial charge in [0.15, 0.2) is 0 Å². The second kappa shape index (κ2) is 4.53. The van der Waals surface area contributed by atoms with Gasteiger partial charge in [0.2, 0.25) is 0 Å². The number of nitrogens with zero attached hydrogens (tertiary/aromatic N) is 1. The summed E-state index contributed by atoms with van der Waals surface area (Å²) in [4.78, 5) is 15.9. The number of anilines is 1. The number of hydrogen-bond donors (Lipinski definition) is 2. The van der Waals surface area contributed by atoms with Gasteiger partial charge in [-0.05, 0) is 31.7 Å². The van der Waals surface area contributed by atoms with Crippen LogP contribution in [0.15, 0.2) is 12.3 Å². The van der Waals surface area contributed by atoms with Gasteiger partial charge in [-0.15, -0.1) is 0 Å². The third-order valence-corrected chi connectivity index (χ3v) is 3.72. The van der Waals surface area contributed by atoms with Gasteiger partial charge in [0.05, 0.1) is 17.4 Å². The maximum absolute atomic E-state index is 12.1. The Morgan fingerprint density at radius 2 is 2.35 bits per heavy atom. The molecule has 0 aromatic carbocycles. The first kappa shape index (κ1) is 12.2. The first-order chi connectivity index (χ1) is 8.06. The Morgan fingerprint density at radius 3 is 2.88 bits per heavy atom. The van der Waals surface area contributed by atoms with Crippen LogP contribution >= 0.6 is 11.6 Å². The van der Waals surface area contributed by atoms with Crippen LogP contribution in [0.5, 0.6) is 0 Å². The third kappa shape index (κ3) is 2.36. The molecule has 0 unspecified atom stereocenters. The SMILES string of the molecule is CCC1(NC(=O)c2cc(Cl)ncc2N)CCC1. The zero-order valence-electron chi connectivity index (χ0n) is 9.79. The third-order valence-electron chi connectivity index (χ3n) is 3.51. The lowest BCUT2D eigenvalue weighted by atomic mass is 9.74. The van der Waals surface area contributed by atoms with E-state index in [1.54, 1.807) is 0 Å². The highest BCUT2D eigenvalue weighted by molar-refractivity contribution is 6.29. The van der Waals surface area contributed by atoms with Gasteiger partial charge >= 0.3 is 0 Å². The van der Waals surface area contributed by atoms with E-state index in [1.165, 1.54) is 18.7 Å². The summed E-state index contributed by atoms with van der Waals surface area (Å²) in [5, 5.41) is 3.34. The average molecular weight is 254 g/mol. The summed E-state index contributed by atoms with van der Waals surface area (Å²) in [5.41, 5.74) is 6.45. The predicted molar refractivity (Wildman–Crippen MR) is 68.0 cm³/mol. The molecule has 92 valence electrons. The maximum Gasteiger partial charge on any atom is 0.253 e. The molecule has 1 fully saturated rings. The van der Waals surface area contributed by atoms with Crippen LogP contribution in [0.2, 0.25) is 5.15 Å². The number of nitrogen functional groups attached to an aromatic ring is 1. The number of rotatable bonds is 3. The smallest absolute Gasteiger partial charge is 0.253 e. The first-order valence-corrected chi connectivity index (χ1v) is 6.18. The van der Waals surface area contributed by atoms with Crippen LogP contribution in [0.25, 0.3) is 0 Å². The minimum absolute atomic E-state index is 0.0424. The number of carbonyl (C=O) groups excluding carboxylic acids is 1. The lowest BCUT2D eigenvalue weighted by molar-refractivity contribution is 0.0821. The van der Waals surface area contributed by atoms with Crippen molar-refractivity contribution in [3.8, 4) is 0 Å². The Bertz CT molecular complexity index is 438. The molecule has 0 radical (unpaired) electrons. The van der Waals surface area contributed by atoms with Gasteiger partial charge in [-0.25, -0.2) is 4.98 Å². The lowest BCUT2D eigenvalue weighted by Gasteiger charge is -2.42. The van der Waals surface area contributed by atoms with Crippen LogP contribution in [0.4, 0.5) is 5.69 Å². The highest BCUT2D eigenvalue weighted by atomic mass is 35.5. The number of carbonyl (C=O) groups is 1. The van der Waals surface area contributed by atoms with Gasteiger partial charge in [-0.1, -0.05) is 18.5 Å². The Hall–Kier alpha value is -1.29. The molecule has 0 saturated heterocycles. The van der Waals surface area contributed by atoms with E-state index in [0.29, 0.717) is 11.3 Å². The van der Waals surface area contributed by atoms with E-state index in [4.69, 9.17) is 17.3 Å². The molecular formula is C12H16ClN3O. The first-order valence-electron chi connectivity index (χ1n) is 5.80. The molecule has 5 heteroatoms. The molecule has 4 nitrogen and oxygen atoms in total. The number of nitrogens with one attached hydrogen (secondary N) is 1. The van der Waals surface area contributed by atoms with Gasteiger partial charge in [-0.2, -0.15) is 0 Å². The van der Waals surface area contributed by atoms with Crippen molar-refractivity contribution in [1.82, 2.24) is 10.3 Å². The Morgan fingerprint density at radius 1 is 1.65 bits per heavy atom. The summed E-state index contributed by atoms with van der Waals surface area (Å²) in [6.45, 7) is 2.09. The van der Waals surface area contributed by atoms with Crippen molar-refractivity contribution in [3.05, 3.63) is 23.0 Å². The molecule has 0 aliphatic heterocycles. The largest absolute Gasteiger partial charge is 0.397 e. The van der Waals surface area contributed by atoms with Gasteiger partial charge in [0, 0.05) is 5.54 Å². The summed E-state index contributed by atoms with van der Waals surface area (Å²) < 4.78 is 0. The van der Waals surface area contributed by atoms with Crippen LogP contribution in [0, 0.1) is 0 Å². The van der Waals surface area contributed by atoms with Crippen molar-refractivity contribution in [2.24, 2.45) is 0 Å². The standard InChI is InChI=1S/C12H16ClN3O/c1-2-12(4-3-5-12)16-11(17)8-6-10(13)15-7-9(8)14/h6-7H,2-5,14H2,1H3,(H,16,17). The van der Waals surface area contributed by atoms with Crippen molar-refractivity contribution in [2.45, 2.75) is 38.1 Å². The maximum atomic E-state index is 12.1. The van der Waals surface area contributed by atoms with E-state index in [1.807, 2.05) is 0 Å². The fraction of sp³-hybridized carbons (Fsp3) is 0.500. The van der Waals surface area contributed by atoms with E-state index in [2.05, 4.69) is 17.2 Å². The molecule has 1 heterocycles. The highest BCUT2D eigenvalue weighted by Crippen LogP contribution is 2.35. The molecule has 2 rings (SSSR count).